The molecule has 7 nitrogen and oxygen atoms in total. The van der Waals surface area contributed by atoms with Gasteiger partial charge < -0.3 is 0 Å². The zero-order valence-electron chi connectivity index (χ0n) is 18.1. The molecule has 0 bridgehead atoms. The Kier molecular flexibility index (Phi) is 8.75. The number of unbranched alkanes of at least 4 members (excludes halogenated alkanes) is 6. The molecule has 0 aromatic carbocycles. The van der Waals surface area contributed by atoms with E-state index in [1.807, 2.05) is 24.8 Å². The predicted molar refractivity (Wildman–Crippen MR) is 118 cm³/mol. The van der Waals surface area contributed by atoms with Crippen LogP contribution in [0.5, 0.6) is 0 Å². The maximum atomic E-state index is 4.47. The molecule has 0 aliphatic rings. The minimum Gasteiger partial charge on any atom is -0.234 e. The lowest BCUT2D eigenvalue weighted by Crippen LogP contribution is -2.02. The van der Waals surface area contributed by atoms with E-state index in [1.165, 1.54) is 57.7 Å². The van der Waals surface area contributed by atoms with E-state index in [4.69, 9.17) is 0 Å². The van der Waals surface area contributed by atoms with Crippen LogP contribution < -0.4 is 0 Å². The predicted octanol–water partition coefficient (Wildman–Crippen LogP) is 5.03. The highest BCUT2D eigenvalue weighted by Gasteiger charge is 2.11. The smallest absolute Gasteiger partial charge is 0.201 e. The molecule has 0 aliphatic carbocycles. The van der Waals surface area contributed by atoms with E-state index in [2.05, 4.69) is 48.7 Å². The average molecular weight is 406 g/mol. The number of hydrogen-bond donors (Lipinski definition) is 0. The average Bonchev–Trinajstić information content (AvgIpc) is 2.80. The molecule has 0 radical (unpaired) electrons. The summed E-state index contributed by atoms with van der Waals surface area (Å²) >= 11 is 0. The summed E-state index contributed by atoms with van der Waals surface area (Å²) in [7, 11) is 0. The fourth-order valence-corrected chi connectivity index (χ4v) is 3.22. The highest BCUT2D eigenvalue weighted by molar-refractivity contribution is 5.49. The summed E-state index contributed by atoms with van der Waals surface area (Å²) < 4.78 is 0. The molecule has 3 rings (SSSR count). The second-order valence-electron chi connectivity index (χ2n) is 7.58. The van der Waals surface area contributed by atoms with Crippen LogP contribution in [-0.4, -0.2) is 34.9 Å². The van der Waals surface area contributed by atoms with Crippen molar-refractivity contribution in [3.63, 3.8) is 0 Å². The van der Waals surface area contributed by atoms with Gasteiger partial charge in [-0.25, -0.2) is 34.9 Å². The van der Waals surface area contributed by atoms with Crippen molar-refractivity contribution >= 4 is 0 Å². The van der Waals surface area contributed by atoms with Crippen molar-refractivity contribution in [2.24, 2.45) is 0 Å². The molecule has 0 saturated carbocycles. The summed E-state index contributed by atoms with van der Waals surface area (Å²) in [4.78, 5) is 30.7. The minimum absolute atomic E-state index is 0.435. The maximum Gasteiger partial charge on any atom is 0.201 e. The molecule has 0 fully saturated rings. The SMILES string of the molecule is CCCCCCc1cnc(-c2ncnc(-c3ncc(CCCCCC)cn3)n2)nc1. The lowest BCUT2D eigenvalue weighted by Gasteiger charge is -2.04. The van der Waals surface area contributed by atoms with E-state index < -0.39 is 0 Å². The molecule has 0 atom stereocenters. The van der Waals surface area contributed by atoms with Gasteiger partial charge in [0.05, 0.1) is 0 Å². The maximum absolute atomic E-state index is 4.47. The Hall–Kier alpha value is -2.83. The Morgan fingerprint density at radius 2 is 0.933 bits per heavy atom. The second-order valence-corrected chi connectivity index (χ2v) is 7.58. The summed E-state index contributed by atoms with van der Waals surface area (Å²) in [6, 6.07) is 0. The van der Waals surface area contributed by atoms with Gasteiger partial charge in [-0.2, -0.15) is 0 Å². The summed E-state index contributed by atoms with van der Waals surface area (Å²) in [5.41, 5.74) is 2.28. The van der Waals surface area contributed by atoms with Crippen molar-refractivity contribution in [1.29, 1.82) is 0 Å². The van der Waals surface area contributed by atoms with Gasteiger partial charge in [-0.3, -0.25) is 0 Å². The highest BCUT2D eigenvalue weighted by atomic mass is 15.1. The number of aryl methyl sites for hydroxylation is 2. The fraction of sp³-hybridized carbons (Fsp3) is 0.522. The Bertz CT molecular complexity index is 808. The Morgan fingerprint density at radius 1 is 0.500 bits per heavy atom. The number of rotatable bonds is 12. The van der Waals surface area contributed by atoms with Gasteiger partial charge in [-0.1, -0.05) is 52.4 Å². The van der Waals surface area contributed by atoms with Gasteiger partial charge in [0.1, 0.15) is 6.33 Å². The van der Waals surface area contributed by atoms with Crippen LogP contribution in [0.2, 0.25) is 0 Å². The molecular weight excluding hydrogens is 374 g/mol. The number of aromatic nitrogens is 7. The van der Waals surface area contributed by atoms with Crippen LogP contribution in [0.1, 0.15) is 76.3 Å². The van der Waals surface area contributed by atoms with Gasteiger partial charge >= 0.3 is 0 Å². The molecule has 30 heavy (non-hydrogen) atoms. The molecule has 3 aromatic heterocycles. The van der Waals surface area contributed by atoms with Gasteiger partial charge in [0.2, 0.25) is 11.6 Å². The summed E-state index contributed by atoms with van der Waals surface area (Å²) in [6.07, 6.45) is 20.8. The molecule has 0 saturated heterocycles. The van der Waals surface area contributed by atoms with Crippen molar-refractivity contribution in [3.05, 3.63) is 42.2 Å². The number of nitrogens with zero attached hydrogens (tertiary/aromatic N) is 7. The van der Waals surface area contributed by atoms with Gasteiger partial charge in [-0.15, -0.1) is 0 Å². The largest absolute Gasteiger partial charge is 0.234 e. The first-order chi connectivity index (χ1) is 14.8. The molecule has 0 unspecified atom stereocenters. The first kappa shape index (κ1) is 21.9. The second kappa shape index (κ2) is 12.0. The van der Waals surface area contributed by atoms with Gasteiger partial charge in [0, 0.05) is 24.8 Å². The molecule has 3 aromatic rings. The third-order valence-electron chi connectivity index (χ3n) is 5.02. The zero-order chi connectivity index (χ0) is 21.0. The molecule has 0 amide bonds. The van der Waals surface area contributed by atoms with Crippen molar-refractivity contribution in [3.8, 4) is 23.3 Å². The van der Waals surface area contributed by atoms with E-state index in [1.54, 1.807) is 0 Å². The van der Waals surface area contributed by atoms with Crippen LogP contribution in [0.25, 0.3) is 23.3 Å². The summed E-state index contributed by atoms with van der Waals surface area (Å²) in [5.74, 6) is 1.85. The van der Waals surface area contributed by atoms with Crippen molar-refractivity contribution < 1.29 is 0 Å². The van der Waals surface area contributed by atoms with Crippen LogP contribution >= 0.6 is 0 Å². The summed E-state index contributed by atoms with van der Waals surface area (Å²) in [6.45, 7) is 4.43. The lowest BCUT2D eigenvalue weighted by atomic mass is 10.1. The Labute approximate surface area is 178 Å². The van der Waals surface area contributed by atoms with Crippen molar-refractivity contribution in [2.75, 3.05) is 0 Å². The van der Waals surface area contributed by atoms with E-state index in [9.17, 15) is 0 Å². The van der Waals surface area contributed by atoms with Crippen LogP contribution in [0.15, 0.2) is 31.1 Å². The standard InChI is InChI=1S/C23H31N7/c1-3-5-7-9-11-18-13-24-20(25-14-18)22-28-17-29-23(30-22)21-26-15-19(16-27-21)12-10-8-6-4-2/h13-17H,3-12H2,1-2H3. The van der Waals surface area contributed by atoms with Gasteiger partial charge in [-0.05, 0) is 36.8 Å². The molecule has 0 N–H and O–H groups in total. The zero-order valence-corrected chi connectivity index (χ0v) is 18.1. The molecule has 0 aliphatic heterocycles. The fourth-order valence-electron chi connectivity index (χ4n) is 3.22. The molecule has 158 valence electrons. The van der Waals surface area contributed by atoms with E-state index in [0.29, 0.717) is 23.3 Å². The third-order valence-corrected chi connectivity index (χ3v) is 5.02. The Morgan fingerprint density at radius 3 is 1.33 bits per heavy atom. The van der Waals surface area contributed by atoms with Crippen LogP contribution in [-0.2, 0) is 12.8 Å². The van der Waals surface area contributed by atoms with Crippen LogP contribution in [0.4, 0.5) is 0 Å². The van der Waals surface area contributed by atoms with E-state index in [-0.39, 0.29) is 0 Å². The number of hydrogen-bond acceptors (Lipinski definition) is 7. The molecular formula is C23H31N7. The third kappa shape index (κ3) is 6.61. The first-order valence-electron chi connectivity index (χ1n) is 11.1. The normalized spacial score (nSPS) is 11.0. The van der Waals surface area contributed by atoms with Crippen molar-refractivity contribution in [1.82, 2.24) is 34.9 Å². The quantitative estimate of drug-likeness (QED) is 0.390. The highest BCUT2D eigenvalue weighted by Crippen LogP contribution is 2.15. The van der Waals surface area contributed by atoms with E-state index in [0.717, 1.165) is 24.0 Å². The first-order valence-corrected chi connectivity index (χ1v) is 11.1. The lowest BCUT2D eigenvalue weighted by molar-refractivity contribution is 0.665. The van der Waals surface area contributed by atoms with Gasteiger partial charge in [0.15, 0.2) is 11.6 Å². The molecule has 3 heterocycles. The summed E-state index contributed by atoms with van der Waals surface area (Å²) in [5, 5.41) is 0. The molecule has 0 spiro atoms. The monoisotopic (exact) mass is 405 g/mol. The van der Waals surface area contributed by atoms with Crippen molar-refractivity contribution in [2.45, 2.75) is 78.1 Å². The van der Waals surface area contributed by atoms with E-state index >= 15 is 0 Å². The Balaban J connectivity index is 1.63. The van der Waals surface area contributed by atoms with Crippen LogP contribution in [0.3, 0.4) is 0 Å². The molecule has 7 heteroatoms. The minimum atomic E-state index is 0.435. The van der Waals surface area contributed by atoms with Gasteiger partial charge in [0.25, 0.3) is 0 Å². The van der Waals surface area contributed by atoms with Crippen LogP contribution in [0, 0.1) is 0 Å². The topological polar surface area (TPSA) is 90.2 Å².